The molecule has 0 saturated carbocycles. The Balaban J connectivity index is 1.66. The van der Waals surface area contributed by atoms with Gasteiger partial charge in [-0.05, 0) is 48.7 Å². The monoisotopic (exact) mass is 432 g/mol. The third kappa shape index (κ3) is 6.39. The van der Waals surface area contributed by atoms with Gasteiger partial charge in [0.15, 0.2) is 0 Å². The van der Waals surface area contributed by atoms with Gasteiger partial charge in [-0.2, -0.15) is 0 Å². The summed E-state index contributed by atoms with van der Waals surface area (Å²) in [5.74, 6) is 0.0342. The molecule has 1 aromatic heterocycles. The van der Waals surface area contributed by atoms with E-state index in [9.17, 15) is 4.79 Å². The number of hydrogen-bond acceptors (Lipinski definition) is 5. The summed E-state index contributed by atoms with van der Waals surface area (Å²) in [6.07, 6.45) is 4.47. The Morgan fingerprint density at radius 1 is 1.09 bits per heavy atom. The fourth-order valence-corrected chi connectivity index (χ4v) is 3.45. The number of carbonyl (C=O) groups excluding carboxylic acids is 1. The number of benzene rings is 2. The molecule has 0 aliphatic rings. The van der Waals surface area contributed by atoms with Crippen LogP contribution in [-0.2, 0) is 11.3 Å². The molecular formula is C26H32N4O2. The molecule has 32 heavy (non-hydrogen) atoms. The molecule has 0 spiro atoms. The number of ether oxygens (including phenoxy) is 1. The normalized spacial score (nSPS) is 12.8. The number of nitrogen functional groups attached to an aromatic ring is 1. The lowest BCUT2D eigenvalue weighted by atomic mass is 9.97. The van der Waals surface area contributed by atoms with Crippen molar-refractivity contribution < 1.29 is 9.53 Å². The molecule has 3 aromatic rings. The average molecular weight is 433 g/mol. The summed E-state index contributed by atoms with van der Waals surface area (Å²) in [6.45, 7) is 4.75. The van der Waals surface area contributed by atoms with Crippen molar-refractivity contribution in [2.75, 3.05) is 11.1 Å². The third-order valence-electron chi connectivity index (χ3n) is 5.47. The number of pyridine rings is 1. The predicted octanol–water partition coefficient (Wildman–Crippen LogP) is 5.00. The van der Waals surface area contributed by atoms with Crippen molar-refractivity contribution in [2.24, 2.45) is 5.73 Å². The second kappa shape index (κ2) is 11.4. The summed E-state index contributed by atoms with van der Waals surface area (Å²) < 4.78 is 6.23. The van der Waals surface area contributed by atoms with Crippen LogP contribution in [0.3, 0.4) is 0 Å². The Bertz CT molecular complexity index is 1000. The van der Waals surface area contributed by atoms with Crippen LogP contribution in [0.2, 0.25) is 0 Å². The third-order valence-corrected chi connectivity index (χ3v) is 5.47. The number of carbonyl (C=O) groups is 1. The first-order valence-corrected chi connectivity index (χ1v) is 11.0. The molecule has 0 fully saturated rings. The first kappa shape index (κ1) is 23.4. The smallest absolute Gasteiger partial charge is 0.255 e. The minimum atomic E-state index is -0.280. The van der Waals surface area contributed by atoms with Crippen LogP contribution in [0, 0.1) is 6.92 Å². The van der Waals surface area contributed by atoms with Gasteiger partial charge in [0.2, 0.25) is 0 Å². The van der Waals surface area contributed by atoms with E-state index in [1.807, 2.05) is 12.1 Å². The van der Waals surface area contributed by atoms with E-state index < -0.39 is 0 Å². The van der Waals surface area contributed by atoms with Crippen molar-refractivity contribution in [3.63, 3.8) is 0 Å². The molecule has 2 aromatic carbocycles. The fourth-order valence-electron chi connectivity index (χ4n) is 3.45. The molecule has 2 unspecified atom stereocenters. The maximum atomic E-state index is 12.6. The molecule has 168 valence electrons. The minimum absolute atomic E-state index is 0.105. The van der Waals surface area contributed by atoms with Gasteiger partial charge in [0, 0.05) is 11.8 Å². The Kier molecular flexibility index (Phi) is 8.36. The molecule has 6 heteroatoms. The molecule has 1 amide bonds. The summed E-state index contributed by atoms with van der Waals surface area (Å²) in [6, 6.07) is 18.8. The molecule has 2 atom stereocenters. The Morgan fingerprint density at radius 3 is 2.47 bits per heavy atom. The van der Waals surface area contributed by atoms with Crippen LogP contribution in [0.25, 0.3) is 0 Å². The molecule has 0 saturated heterocycles. The van der Waals surface area contributed by atoms with E-state index in [-0.39, 0.29) is 23.9 Å². The van der Waals surface area contributed by atoms with Crippen molar-refractivity contribution in [3.8, 4) is 0 Å². The molecule has 0 radical (unpaired) electrons. The highest BCUT2D eigenvalue weighted by Crippen LogP contribution is 2.23. The number of anilines is 2. The average Bonchev–Trinajstić information content (AvgIpc) is 2.81. The molecule has 5 N–H and O–H groups in total. The van der Waals surface area contributed by atoms with Crippen molar-refractivity contribution >= 4 is 17.4 Å². The van der Waals surface area contributed by atoms with E-state index in [1.165, 1.54) is 5.56 Å². The number of rotatable bonds is 10. The second-order valence-electron chi connectivity index (χ2n) is 8.02. The maximum Gasteiger partial charge on any atom is 0.255 e. The maximum absolute atomic E-state index is 12.6. The lowest BCUT2D eigenvalue weighted by Gasteiger charge is -2.25. The van der Waals surface area contributed by atoms with Crippen LogP contribution < -0.4 is 16.8 Å². The van der Waals surface area contributed by atoms with Crippen molar-refractivity contribution in [3.05, 3.63) is 89.1 Å². The highest BCUT2D eigenvalue weighted by atomic mass is 16.5. The Hall–Kier alpha value is -3.22. The summed E-state index contributed by atoms with van der Waals surface area (Å²) >= 11 is 0. The lowest BCUT2D eigenvalue weighted by Crippen LogP contribution is -2.29. The van der Waals surface area contributed by atoms with Gasteiger partial charge in [-0.15, -0.1) is 0 Å². The van der Waals surface area contributed by atoms with Crippen LogP contribution in [-0.4, -0.2) is 17.0 Å². The summed E-state index contributed by atoms with van der Waals surface area (Å²) in [7, 11) is 0. The molecule has 6 nitrogen and oxygen atoms in total. The molecular weight excluding hydrogens is 400 g/mol. The number of hydrogen-bond donors (Lipinski definition) is 3. The van der Waals surface area contributed by atoms with E-state index in [0.29, 0.717) is 17.9 Å². The molecule has 1 heterocycles. The van der Waals surface area contributed by atoms with Gasteiger partial charge in [0.25, 0.3) is 5.91 Å². The topological polar surface area (TPSA) is 103 Å². The molecule has 0 bridgehead atoms. The highest BCUT2D eigenvalue weighted by Gasteiger charge is 2.20. The van der Waals surface area contributed by atoms with Gasteiger partial charge >= 0.3 is 0 Å². The summed E-state index contributed by atoms with van der Waals surface area (Å²) in [5, 5.41) is 2.79. The van der Waals surface area contributed by atoms with Crippen LogP contribution in [0.15, 0.2) is 66.9 Å². The SMILES string of the molecule is CCCCC(OCc1ccc(C)cc1)C(N)c1ccc(C(=O)Nc2cccnc2N)cc1. The largest absolute Gasteiger partial charge is 0.382 e. The van der Waals surface area contributed by atoms with Gasteiger partial charge in [0.05, 0.1) is 24.4 Å². The number of aromatic nitrogens is 1. The number of aryl methyl sites for hydroxylation is 1. The van der Waals surface area contributed by atoms with Crippen molar-refractivity contribution in [1.29, 1.82) is 0 Å². The zero-order valence-corrected chi connectivity index (χ0v) is 18.8. The highest BCUT2D eigenvalue weighted by molar-refractivity contribution is 6.05. The minimum Gasteiger partial charge on any atom is -0.382 e. The van der Waals surface area contributed by atoms with E-state index in [1.54, 1.807) is 30.5 Å². The van der Waals surface area contributed by atoms with Crippen LogP contribution >= 0.6 is 0 Å². The number of amides is 1. The van der Waals surface area contributed by atoms with Gasteiger partial charge in [-0.1, -0.05) is 61.7 Å². The number of nitrogens with one attached hydrogen (secondary N) is 1. The lowest BCUT2D eigenvalue weighted by molar-refractivity contribution is 0.0161. The zero-order chi connectivity index (χ0) is 22.9. The van der Waals surface area contributed by atoms with Gasteiger partial charge < -0.3 is 21.5 Å². The Morgan fingerprint density at radius 2 is 1.81 bits per heavy atom. The summed E-state index contributed by atoms with van der Waals surface area (Å²) in [4.78, 5) is 16.5. The van der Waals surface area contributed by atoms with Crippen molar-refractivity contribution in [1.82, 2.24) is 4.98 Å². The second-order valence-corrected chi connectivity index (χ2v) is 8.02. The van der Waals surface area contributed by atoms with Crippen LogP contribution in [0.5, 0.6) is 0 Å². The Labute approximate surface area is 190 Å². The molecule has 0 aliphatic heterocycles. The zero-order valence-electron chi connectivity index (χ0n) is 18.8. The van der Waals surface area contributed by atoms with Crippen LogP contribution in [0.4, 0.5) is 11.5 Å². The fraction of sp³-hybridized carbons (Fsp3) is 0.308. The van der Waals surface area contributed by atoms with E-state index in [4.69, 9.17) is 16.2 Å². The van der Waals surface area contributed by atoms with Gasteiger partial charge in [0.1, 0.15) is 5.82 Å². The quantitative estimate of drug-likeness (QED) is 0.418. The first-order valence-electron chi connectivity index (χ1n) is 11.0. The van der Waals surface area contributed by atoms with E-state index >= 15 is 0 Å². The number of nitrogens with two attached hydrogens (primary N) is 2. The van der Waals surface area contributed by atoms with Gasteiger partial charge in [-0.3, -0.25) is 4.79 Å². The van der Waals surface area contributed by atoms with E-state index in [0.717, 1.165) is 30.4 Å². The standard InChI is InChI=1S/C26H32N4O2/c1-3-4-7-23(32-17-19-10-8-18(2)9-11-19)24(27)20-12-14-21(15-13-20)26(31)30-22-6-5-16-29-25(22)28/h5-6,8-16,23-24H,3-4,7,17,27H2,1-2H3,(H2,28,29)(H,30,31). The van der Waals surface area contributed by atoms with Gasteiger partial charge in [-0.25, -0.2) is 4.98 Å². The van der Waals surface area contributed by atoms with E-state index in [2.05, 4.69) is 48.4 Å². The first-order chi connectivity index (χ1) is 15.5. The predicted molar refractivity (Wildman–Crippen MR) is 129 cm³/mol. The molecule has 3 rings (SSSR count). The summed E-state index contributed by atoms with van der Waals surface area (Å²) in [5.41, 5.74) is 16.7. The van der Waals surface area contributed by atoms with Crippen LogP contribution in [0.1, 0.15) is 59.3 Å². The molecule has 0 aliphatic carbocycles. The van der Waals surface area contributed by atoms with Crippen molar-refractivity contribution in [2.45, 2.75) is 51.9 Å². The number of nitrogens with zero attached hydrogens (tertiary/aromatic N) is 1. The number of unbranched alkanes of at least 4 members (excludes halogenated alkanes) is 1.